The molecule has 1 rings (SSSR count). The third kappa shape index (κ3) is 4.50. The standard InChI is InChI=1S/C13H17NO5/c1-3-18-13(16)10-8-9(14)4-5-11(10)19-7-6-12(15)17-2/h4-5,8H,3,6-7,14H2,1-2H3. The van der Waals surface area contributed by atoms with E-state index in [2.05, 4.69) is 4.74 Å². The maximum Gasteiger partial charge on any atom is 0.341 e. The van der Waals surface area contributed by atoms with E-state index in [9.17, 15) is 9.59 Å². The van der Waals surface area contributed by atoms with Gasteiger partial charge in [-0.2, -0.15) is 0 Å². The number of esters is 2. The molecule has 0 radical (unpaired) electrons. The molecule has 0 aromatic heterocycles. The Morgan fingerprint density at radius 3 is 2.68 bits per heavy atom. The third-order valence-electron chi connectivity index (χ3n) is 2.29. The van der Waals surface area contributed by atoms with E-state index in [1.54, 1.807) is 19.1 Å². The molecule has 0 aliphatic heterocycles. The van der Waals surface area contributed by atoms with E-state index in [0.717, 1.165) is 0 Å². The average Bonchev–Trinajstić information content (AvgIpc) is 2.40. The van der Waals surface area contributed by atoms with Crippen LogP contribution in [0.1, 0.15) is 23.7 Å². The summed E-state index contributed by atoms with van der Waals surface area (Å²) in [6, 6.07) is 4.65. The van der Waals surface area contributed by atoms with Crippen molar-refractivity contribution in [2.75, 3.05) is 26.1 Å². The van der Waals surface area contributed by atoms with Crippen LogP contribution in [0.5, 0.6) is 5.75 Å². The van der Waals surface area contributed by atoms with Crippen LogP contribution in [0.25, 0.3) is 0 Å². The van der Waals surface area contributed by atoms with Crippen LogP contribution >= 0.6 is 0 Å². The Morgan fingerprint density at radius 2 is 2.05 bits per heavy atom. The molecule has 2 N–H and O–H groups in total. The Kier molecular flexibility index (Phi) is 5.66. The lowest BCUT2D eigenvalue weighted by Crippen LogP contribution is -2.11. The van der Waals surface area contributed by atoms with Gasteiger partial charge in [-0.15, -0.1) is 0 Å². The van der Waals surface area contributed by atoms with Crippen molar-refractivity contribution in [3.63, 3.8) is 0 Å². The van der Waals surface area contributed by atoms with Crippen LogP contribution in [0.3, 0.4) is 0 Å². The number of carbonyl (C=O) groups excluding carboxylic acids is 2. The summed E-state index contributed by atoms with van der Waals surface area (Å²) < 4.78 is 14.8. The Bertz CT molecular complexity index is 458. The lowest BCUT2D eigenvalue weighted by Gasteiger charge is -2.11. The number of carbonyl (C=O) groups is 2. The van der Waals surface area contributed by atoms with Crippen molar-refractivity contribution in [1.82, 2.24) is 0 Å². The van der Waals surface area contributed by atoms with Crippen molar-refractivity contribution in [3.8, 4) is 5.75 Å². The summed E-state index contributed by atoms with van der Waals surface area (Å²) in [5.74, 6) is -0.562. The fourth-order valence-electron chi connectivity index (χ4n) is 1.39. The van der Waals surface area contributed by atoms with Crippen LogP contribution in [0.15, 0.2) is 18.2 Å². The number of methoxy groups -OCH3 is 1. The monoisotopic (exact) mass is 267 g/mol. The topological polar surface area (TPSA) is 87.9 Å². The molecule has 0 aliphatic rings. The molecule has 19 heavy (non-hydrogen) atoms. The Morgan fingerprint density at radius 1 is 1.32 bits per heavy atom. The predicted octanol–water partition coefficient (Wildman–Crippen LogP) is 1.39. The fourth-order valence-corrected chi connectivity index (χ4v) is 1.39. The normalized spacial score (nSPS) is 9.79. The van der Waals surface area contributed by atoms with Gasteiger partial charge in [0, 0.05) is 5.69 Å². The van der Waals surface area contributed by atoms with Gasteiger partial charge in [-0.1, -0.05) is 0 Å². The van der Waals surface area contributed by atoms with Gasteiger partial charge in [-0.05, 0) is 25.1 Å². The summed E-state index contributed by atoms with van der Waals surface area (Å²) in [5.41, 5.74) is 6.30. The first-order valence-electron chi connectivity index (χ1n) is 5.84. The minimum absolute atomic E-state index is 0.100. The molecular weight excluding hydrogens is 250 g/mol. The molecule has 0 amide bonds. The summed E-state index contributed by atoms with van der Waals surface area (Å²) in [5, 5.41) is 0. The van der Waals surface area contributed by atoms with E-state index in [1.807, 2.05) is 0 Å². The number of hydrogen-bond acceptors (Lipinski definition) is 6. The van der Waals surface area contributed by atoms with E-state index in [-0.39, 0.29) is 31.2 Å². The molecule has 1 aromatic rings. The van der Waals surface area contributed by atoms with Crippen molar-refractivity contribution in [2.45, 2.75) is 13.3 Å². The Balaban J connectivity index is 2.76. The number of ether oxygens (including phenoxy) is 3. The van der Waals surface area contributed by atoms with E-state index in [4.69, 9.17) is 15.2 Å². The van der Waals surface area contributed by atoms with Gasteiger partial charge in [-0.3, -0.25) is 4.79 Å². The molecule has 0 heterocycles. The lowest BCUT2D eigenvalue weighted by atomic mass is 10.2. The van der Waals surface area contributed by atoms with Crippen LogP contribution in [0, 0.1) is 0 Å². The molecule has 6 nitrogen and oxygen atoms in total. The molecule has 0 spiro atoms. The van der Waals surface area contributed by atoms with E-state index < -0.39 is 5.97 Å². The zero-order valence-electron chi connectivity index (χ0n) is 11.0. The molecule has 0 bridgehead atoms. The van der Waals surface area contributed by atoms with Gasteiger partial charge in [-0.25, -0.2) is 4.79 Å². The summed E-state index contributed by atoms with van der Waals surface area (Å²) in [4.78, 5) is 22.7. The Labute approximate surface area is 111 Å². The van der Waals surface area contributed by atoms with Crippen LogP contribution in [0.4, 0.5) is 5.69 Å². The third-order valence-corrected chi connectivity index (χ3v) is 2.29. The van der Waals surface area contributed by atoms with Crippen molar-refractivity contribution in [2.24, 2.45) is 0 Å². The Hall–Kier alpha value is -2.24. The number of anilines is 1. The van der Waals surface area contributed by atoms with Gasteiger partial charge in [0.05, 0.1) is 26.7 Å². The highest BCUT2D eigenvalue weighted by Gasteiger charge is 2.14. The van der Waals surface area contributed by atoms with E-state index >= 15 is 0 Å². The van der Waals surface area contributed by atoms with E-state index in [0.29, 0.717) is 11.4 Å². The molecular formula is C13H17NO5. The number of nitrogens with two attached hydrogens (primary N) is 1. The van der Waals surface area contributed by atoms with E-state index in [1.165, 1.54) is 13.2 Å². The maximum absolute atomic E-state index is 11.7. The van der Waals surface area contributed by atoms with Crippen molar-refractivity contribution in [1.29, 1.82) is 0 Å². The van der Waals surface area contributed by atoms with Crippen molar-refractivity contribution >= 4 is 17.6 Å². The largest absolute Gasteiger partial charge is 0.492 e. The maximum atomic E-state index is 11.7. The molecule has 1 aromatic carbocycles. The zero-order chi connectivity index (χ0) is 14.3. The van der Waals surface area contributed by atoms with Gasteiger partial charge >= 0.3 is 11.9 Å². The fraction of sp³-hybridized carbons (Fsp3) is 0.385. The summed E-state index contributed by atoms with van der Waals surface area (Å²) in [6.45, 7) is 2.08. The molecule has 0 unspecified atom stereocenters. The first-order chi connectivity index (χ1) is 9.08. The highest BCUT2D eigenvalue weighted by Crippen LogP contribution is 2.22. The number of rotatable bonds is 6. The van der Waals surface area contributed by atoms with Gasteiger partial charge in [0.25, 0.3) is 0 Å². The number of hydrogen-bond donors (Lipinski definition) is 1. The molecule has 0 saturated heterocycles. The summed E-state index contributed by atoms with van der Waals surface area (Å²) in [6.07, 6.45) is 0.100. The zero-order valence-corrected chi connectivity index (χ0v) is 11.0. The average molecular weight is 267 g/mol. The second-order valence-corrected chi connectivity index (χ2v) is 3.65. The van der Waals surface area contributed by atoms with Gasteiger partial charge in [0.15, 0.2) is 0 Å². The van der Waals surface area contributed by atoms with Gasteiger partial charge < -0.3 is 19.9 Å². The molecule has 0 atom stereocenters. The second kappa shape index (κ2) is 7.25. The van der Waals surface area contributed by atoms with Crippen LogP contribution in [-0.4, -0.2) is 32.3 Å². The molecule has 104 valence electrons. The minimum atomic E-state index is -0.511. The quantitative estimate of drug-likeness (QED) is 0.619. The molecule has 6 heteroatoms. The van der Waals surface area contributed by atoms with Crippen LogP contribution < -0.4 is 10.5 Å². The first-order valence-corrected chi connectivity index (χ1v) is 5.84. The van der Waals surface area contributed by atoms with Crippen molar-refractivity contribution in [3.05, 3.63) is 23.8 Å². The lowest BCUT2D eigenvalue weighted by molar-refractivity contribution is -0.141. The second-order valence-electron chi connectivity index (χ2n) is 3.65. The number of benzene rings is 1. The first kappa shape index (κ1) is 14.8. The summed E-state index contributed by atoms with van der Waals surface area (Å²) >= 11 is 0. The van der Waals surface area contributed by atoms with Crippen LogP contribution in [-0.2, 0) is 14.3 Å². The SMILES string of the molecule is CCOC(=O)c1cc(N)ccc1OCCC(=O)OC. The number of nitrogen functional groups attached to an aromatic ring is 1. The van der Waals surface area contributed by atoms with Gasteiger partial charge in [0.2, 0.25) is 0 Å². The van der Waals surface area contributed by atoms with Crippen LogP contribution in [0.2, 0.25) is 0 Å². The van der Waals surface area contributed by atoms with Gasteiger partial charge in [0.1, 0.15) is 11.3 Å². The highest BCUT2D eigenvalue weighted by molar-refractivity contribution is 5.93. The summed E-state index contributed by atoms with van der Waals surface area (Å²) in [7, 11) is 1.30. The van der Waals surface area contributed by atoms with Crippen molar-refractivity contribution < 1.29 is 23.8 Å². The smallest absolute Gasteiger partial charge is 0.341 e. The molecule has 0 saturated carbocycles. The molecule has 0 aliphatic carbocycles. The minimum Gasteiger partial charge on any atom is -0.492 e. The predicted molar refractivity (Wildman–Crippen MR) is 68.9 cm³/mol. The molecule has 0 fully saturated rings. The highest BCUT2D eigenvalue weighted by atomic mass is 16.5.